The quantitative estimate of drug-likeness (QED) is 0.931. The summed E-state index contributed by atoms with van der Waals surface area (Å²) >= 11 is 0. The van der Waals surface area contributed by atoms with Crippen LogP contribution < -0.4 is 10.6 Å². The number of aliphatic imine (C=N–C) groups is 1. The molecule has 1 amide bonds. The standard InChI is InChI=1S/C16H14N4O/c17-15(21)16(13-5-2-1-3-6-13)12-19-9-10-20(16)14-7-4-8-18-11-14/h1-12H,(H2,17,21). The van der Waals surface area contributed by atoms with Crippen molar-refractivity contribution in [1.29, 1.82) is 0 Å². The molecule has 0 radical (unpaired) electrons. The Balaban J connectivity index is 2.20. The second-order valence-corrected chi connectivity index (χ2v) is 4.65. The first-order chi connectivity index (χ1) is 10.2. The Labute approximate surface area is 122 Å². The zero-order valence-corrected chi connectivity index (χ0v) is 11.3. The minimum atomic E-state index is -1.15. The van der Waals surface area contributed by atoms with Crippen molar-refractivity contribution in [3.8, 4) is 0 Å². The zero-order chi connectivity index (χ0) is 14.7. The molecule has 5 nitrogen and oxygen atoms in total. The van der Waals surface area contributed by atoms with Crippen LogP contribution in [0.4, 0.5) is 5.69 Å². The van der Waals surface area contributed by atoms with Crippen molar-refractivity contribution in [2.75, 3.05) is 4.90 Å². The van der Waals surface area contributed by atoms with Crippen molar-refractivity contribution in [3.05, 3.63) is 72.8 Å². The van der Waals surface area contributed by atoms with Crippen LogP contribution in [0.25, 0.3) is 0 Å². The highest BCUT2D eigenvalue weighted by Crippen LogP contribution is 2.33. The van der Waals surface area contributed by atoms with E-state index in [2.05, 4.69) is 9.98 Å². The highest BCUT2D eigenvalue weighted by Gasteiger charge is 2.43. The number of anilines is 1. The number of primary amides is 1. The number of hydrogen-bond donors (Lipinski definition) is 1. The van der Waals surface area contributed by atoms with Crippen molar-refractivity contribution < 1.29 is 4.79 Å². The molecular weight excluding hydrogens is 264 g/mol. The van der Waals surface area contributed by atoms with Crippen molar-refractivity contribution in [1.82, 2.24) is 4.98 Å². The van der Waals surface area contributed by atoms with Crippen LogP contribution in [0, 0.1) is 0 Å². The molecule has 1 aromatic carbocycles. The Morgan fingerprint density at radius 2 is 1.95 bits per heavy atom. The molecule has 5 heteroatoms. The number of amides is 1. The zero-order valence-electron chi connectivity index (χ0n) is 11.3. The Morgan fingerprint density at radius 1 is 1.14 bits per heavy atom. The van der Waals surface area contributed by atoms with Crippen molar-refractivity contribution >= 4 is 17.8 Å². The highest BCUT2D eigenvalue weighted by atomic mass is 16.1. The summed E-state index contributed by atoms with van der Waals surface area (Å²) in [6, 6.07) is 13.0. The Bertz CT molecular complexity index is 697. The van der Waals surface area contributed by atoms with Gasteiger partial charge in [-0.25, -0.2) is 0 Å². The lowest BCUT2D eigenvalue weighted by molar-refractivity contribution is -0.121. The van der Waals surface area contributed by atoms with Crippen LogP contribution in [-0.4, -0.2) is 17.1 Å². The predicted octanol–water partition coefficient (Wildman–Crippen LogP) is 1.82. The van der Waals surface area contributed by atoms with Gasteiger partial charge in [-0.05, 0) is 17.7 Å². The number of carbonyl (C=O) groups excluding carboxylic acids is 1. The number of nitrogens with zero attached hydrogens (tertiary/aromatic N) is 3. The molecule has 2 heterocycles. The van der Waals surface area contributed by atoms with Crippen LogP contribution in [0.3, 0.4) is 0 Å². The van der Waals surface area contributed by atoms with Gasteiger partial charge in [0, 0.05) is 24.8 Å². The highest BCUT2D eigenvalue weighted by molar-refractivity contribution is 6.07. The molecule has 0 spiro atoms. The van der Waals surface area contributed by atoms with E-state index in [-0.39, 0.29) is 0 Å². The van der Waals surface area contributed by atoms with Gasteiger partial charge in [0.15, 0.2) is 5.54 Å². The Morgan fingerprint density at radius 3 is 2.62 bits per heavy atom. The summed E-state index contributed by atoms with van der Waals surface area (Å²) in [5.41, 5.74) is 6.11. The number of aromatic nitrogens is 1. The maximum atomic E-state index is 12.3. The van der Waals surface area contributed by atoms with Gasteiger partial charge in [0.2, 0.25) is 0 Å². The van der Waals surface area contributed by atoms with Gasteiger partial charge >= 0.3 is 0 Å². The van der Waals surface area contributed by atoms with Gasteiger partial charge in [-0.2, -0.15) is 0 Å². The summed E-state index contributed by atoms with van der Waals surface area (Å²) in [7, 11) is 0. The molecule has 0 aliphatic carbocycles. The third-order valence-electron chi connectivity index (χ3n) is 3.46. The first-order valence-electron chi connectivity index (χ1n) is 6.51. The summed E-state index contributed by atoms with van der Waals surface area (Å²) < 4.78 is 0. The maximum absolute atomic E-state index is 12.3. The molecular formula is C16H14N4O. The summed E-state index contributed by atoms with van der Waals surface area (Å²) in [6.45, 7) is 0. The number of benzene rings is 1. The molecule has 0 saturated carbocycles. The summed E-state index contributed by atoms with van der Waals surface area (Å²) in [5.74, 6) is -0.495. The normalized spacial score (nSPS) is 20.5. The van der Waals surface area contributed by atoms with Gasteiger partial charge in [-0.1, -0.05) is 30.3 Å². The SMILES string of the molecule is NC(=O)C1(c2ccccc2)C=NC=CN1c1cccnc1. The predicted molar refractivity (Wildman–Crippen MR) is 81.7 cm³/mol. The molecule has 0 fully saturated rings. The smallest absolute Gasteiger partial charge is 0.254 e. The van der Waals surface area contributed by atoms with E-state index >= 15 is 0 Å². The van der Waals surface area contributed by atoms with Crippen molar-refractivity contribution in [3.63, 3.8) is 0 Å². The van der Waals surface area contributed by atoms with Gasteiger partial charge < -0.3 is 10.6 Å². The minimum Gasteiger partial charge on any atom is -0.367 e. The molecule has 0 bridgehead atoms. The largest absolute Gasteiger partial charge is 0.367 e. The second kappa shape index (κ2) is 5.20. The molecule has 1 aliphatic rings. The molecule has 2 N–H and O–H groups in total. The van der Waals surface area contributed by atoms with Crippen LogP contribution >= 0.6 is 0 Å². The summed E-state index contributed by atoms with van der Waals surface area (Å²) in [6.07, 6.45) is 8.29. The third kappa shape index (κ3) is 2.08. The fourth-order valence-corrected chi connectivity index (χ4v) is 2.45. The van der Waals surface area contributed by atoms with Crippen LogP contribution in [0.5, 0.6) is 0 Å². The van der Waals surface area contributed by atoms with Crippen LogP contribution in [0.2, 0.25) is 0 Å². The van der Waals surface area contributed by atoms with E-state index in [1.54, 1.807) is 35.9 Å². The van der Waals surface area contributed by atoms with Gasteiger partial charge in [-0.3, -0.25) is 14.8 Å². The van der Waals surface area contributed by atoms with E-state index in [9.17, 15) is 4.79 Å². The number of hydrogen-bond acceptors (Lipinski definition) is 4. The first-order valence-corrected chi connectivity index (χ1v) is 6.51. The minimum absolute atomic E-state index is 0.495. The molecule has 1 atom stereocenters. The van der Waals surface area contributed by atoms with Crippen molar-refractivity contribution in [2.24, 2.45) is 10.7 Å². The fourth-order valence-electron chi connectivity index (χ4n) is 2.45. The van der Waals surface area contributed by atoms with Gasteiger partial charge in [0.25, 0.3) is 5.91 Å². The van der Waals surface area contributed by atoms with E-state index in [1.807, 2.05) is 42.5 Å². The maximum Gasteiger partial charge on any atom is 0.254 e. The van der Waals surface area contributed by atoms with E-state index in [0.29, 0.717) is 0 Å². The molecule has 21 heavy (non-hydrogen) atoms. The third-order valence-corrected chi connectivity index (χ3v) is 3.46. The number of pyridine rings is 1. The summed E-state index contributed by atoms with van der Waals surface area (Å²) in [4.78, 5) is 22.3. The van der Waals surface area contributed by atoms with Gasteiger partial charge in [-0.15, -0.1) is 0 Å². The number of rotatable bonds is 3. The number of nitrogens with two attached hydrogens (primary N) is 1. The monoisotopic (exact) mass is 278 g/mol. The lowest BCUT2D eigenvalue weighted by Gasteiger charge is -2.39. The average Bonchev–Trinajstić information content (AvgIpc) is 2.56. The molecule has 1 aliphatic heterocycles. The molecule has 0 saturated heterocycles. The topological polar surface area (TPSA) is 71.6 Å². The van der Waals surface area contributed by atoms with Crippen LogP contribution in [0.15, 0.2) is 72.3 Å². The van der Waals surface area contributed by atoms with Crippen molar-refractivity contribution in [2.45, 2.75) is 5.54 Å². The van der Waals surface area contributed by atoms with E-state index in [4.69, 9.17) is 5.73 Å². The van der Waals surface area contributed by atoms with Gasteiger partial charge in [0.05, 0.1) is 11.9 Å². The molecule has 3 rings (SSSR count). The van der Waals surface area contributed by atoms with Crippen LogP contribution in [-0.2, 0) is 10.3 Å². The summed E-state index contributed by atoms with van der Waals surface area (Å²) in [5, 5.41) is 0. The lowest BCUT2D eigenvalue weighted by atomic mass is 9.87. The molecule has 1 unspecified atom stereocenters. The molecule has 2 aromatic rings. The second-order valence-electron chi connectivity index (χ2n) is 4.65. The fraction of sp³-hybridized carbons (Fsp3) is 0.0625. The Kier molecular flexibility index (Phi) is 3.23. The molecule has 104 valence electrons. The van der Waals surface area contributed by atoms with Crippen LogP contribution in [0.1, 0.15) is 5.56 Å². The molecule has 1 aromatic heterocycles. The average molecular weight is 278 g/mol. The first kappa shape index (κ1) is 13.1. The van der Waals surface area contributed by atoms with E-state index in [0.717, 1.165) is 11.3 Å². The van der Waals surface area contributed by atoms with E-state index < -0.39 is 11.4 Å². The van der Waals surface area contributed by atoms with E-state index in [1.165, 1.54) is 0 Å². The lowest BCUT2D eigenvalue weighted by Crippen LogP contribution is -2.55. The Hall–Kier alpha value is -2.95. The van der Waals surface area contributed by atoms with Gasteiger partial charge in [0.1, 0.15) is 0 Å². The number of carbonyl (C=O) groups is 1.